The van der Waals surface area contributed by atoms with E-state index in [0.29, 0.717) is 18.9 Å². The van der Waals surface area contributed by atoms with Gasteiger partial charge in [0.25, 0.3) is 0 Å². The van der Waals surface area contributed by atoms with Gasteiger partial charge in [-0.15, -0.1) is 12.4 Å². The van der Waals surface area contributed by atoms with Gasteiger partial charge in [0.1, 0.15) is 0 Å². The second-order valence-corrected chi connectivity index (χ2v) is 5.48. The highest BCUT2D eigenvalue weighted by atomic mass is 35.5. The quantitative estimate of drug-likeness (QED) is 0.813. The SMILES string of the molecule is CCc1ccc(CC(=O)NC(CN)CC(C)C)cc1.Cl. The first kappa shape index (κ1) is 18.9. The van der Waals surface area contributed by atoms with Crippen LogP contribution in [0, 0.1) is 5.92 Å². The fraction of sp³-hybridized carbons (Fsp3) is 0.562. The maximum Gasteiger partial charge on any atom is 0.224 e. The van der Waals surface area contributed by atoms with Crippen LogP contribution in [-0.4, -0.2) is 18.5 Å². The van der Waals surface area contributed by atoms with Crippen molar-refractivity contribution in [3.8, 4) is 0 Å². The van der Waals surface area contributed by atoms with Gasteiger partial charge in [-0.2, -0.15) is 0 Å². The molecule has 0 radical (unpaired) electrons. The van der Waals surface area contributed by atoms with Crippen LogP contribution in [0.4, 0.5) is 0 Å². The fourth-order valence-corrected chi connectivity index (χ4v) is 2.14. The summed E-state index contributed by atoms with van der Waals surface area (Å²) in [5.41, 5.74) is 8.03. The molecule has 114 valence electrons. The predicted molar refractivity (Wildman–Crippen MR) is 87.2 cm³/mol. The summed E-state index contributed by atoms with van der Waals surface area (Å²) in [6.45, 7) is 6.90. The molecule has 1 unspecified atom stereocenters. The van der Waals surface area contributed by atoms with Crippen molar-refractivity contribution in [2.45, 2.75) is 46.1 Å². The van der Waals surface area contributed by atoms with Gasteiger partial charge in [0, 0.05) is 12.6 Å². The second-order valence-electron chi connectivity index (χ2n) is 5.48. The molecule has 0 heterocycles. The van der Waals surface area contributed by atoms with Crippen molar-refractivity contribution in [2.75, 3.05) is 6.54 Å². The largest absolute Gasteiger partial charge is 0.352 e. The Morgan fingerprint density at radius 3 is 2.20 bits per heavy atom. The molecule has 0 saturated carbocycles. The molecule has 0 saturated heterocycles. The summed E-state index contributed by atoms with van der Waals surface area (Å²) in [5, 5.41) is 3.01. The summed E-state index contributed by atoms with van der Waals surface area (Å²) >= 11 is 0. The van der Waals surface area contributed by atoms with Crippen LogP contribution >= 0.6 is 12.4 Å². The molecule has 1 aromatic rings. The van der Waals surface area contributed by atoms with Crippen LogP contribution in [-0.2, 0) is 17.6 Å². The molecule has 1 atom stereocenters. The lowest BCUT2D eigenvalue weighted by Crippen LogP contribution is -2.41. The van der Waals surface area contributed by atoms with Gasteiger partial charge in [0.2, 0.25) is 5.91 Å². The highest BCUT2D eigenvalue weighted by molar-refractivity contribution is 5.85. The topological polar surface area (TPSA) is 55.1 Å². The Kier molecular flexibility index (Phi) is 9.26. The summed E-state index contributed by atoms with van der Waals surface area (Å²) in [7, 11) is 0. The normalized spacial score (nSPS) is 11.8. The van der Waals surface area contributed by atoms with E-state index in [1.54, 1.807) is 0 Å². The number of carbonyl (C=O) groups is 1. The predicted octanol–water partition coefficient (Wildman–Crippen LogP) is 2.70. The van der Waals surface area contributed by atoms with Gasteiger partial charge < -0.3 is 11.1 Å². The van der Waals surface area contributed by atoms with E-state index in [-0.39, 0.29) is 24.4 Å². The number of aryl methyl sites for hydroxylation is 1. The maximum atomic E-state index is 12.0. The Hall–Kier alpha value is -1.06. The average Bonchev–Trinajstić information content (AvgIpc) is 2.38. The summed E-state index contributed by atoms with van der Waals surface area (Å²) in [6, 6.07) is 8.30. The number of halogens is 1. The van der Waals surface area contributed by atoms with Crippen LogP contribution in [0.3, 0.4) is 0 Å². The first-order valence-electron chi connectivity index (χ1n) is 7.12. The Morgan fingerprint density at radius 1 is 1.20 bits per heavy atom. The zero-order valence-electron chi connectivity index (χ0n) is 12.7. The number of carbonyl (C=O) groups excluding carboxylic acids is 1. The number of hydrogen-bond donors (Lipinski definition) is 2. The number of benzene rings is 1. The number of hydrogen-bond acceptors (Lipinski definition) is 2. The minimum Gasteiger partial charge on any atom is -0.352 e. The molecule has 4 heteroatoms. The van der Waals surface area contributed by atoms with Gasteiger partial charge in [-0.3, -0.25) is 4.79 Å². The number of nitrogens with two attached hydrogens (primary N) is 1. The van der Waals surface area contributed by atoms with Gasteiger partial charge in [-0.25, -0.2) is 0 Å². The molecule has 1 aromatic carbocycles. The van der Waals surface area contributed by atoms with E-state index < -0.39 is 0 Å². The zero-order valence-corrected chi connectivity index (χ0v) is 13.5. The minimum absolute atomic E-state index is 0. The van der Waals surface area contributed by atoms with E-state index in [1.165, 1.54) is 5.56 Å². The summed E-state index contributed by atoms with van der Waals surface area (Å²) < 4.78 is 0. The summed E-state index contributed by atoms with van der Waals surface area (Å²) in [5.74, 6) is 0.595. The molecule has 0 aliphatic carbocycles. The highest BCUT2D eigenvalue weighted by Gasteiger charge is 2.12. The standard InChI is InChI=1S/C16H26N2O.ClH/c1-4-13-5-7-14(8-6-13)10-16(19)18-15(11-17)9-12(2)3;/h5-8,12,15H,4,9-11,17H2,1-3H3,(H,18,19);1H. The second kappa shape index (κ2) is 9.78. The smallest absolute Gasteiger partial charge is 0.224 e. The van der Waals surface area contributed by atoms with E-state index in [9.17, 15) is 4.79 Å². The zero-order chi connectivity index (χ0) is 14.3. The molecule has 3 N–H and O–H groups in total. The molecular weight excluding hydrogens is 272 g/mol. The molecule has 0 bridgehead atoms. The van der Waals surface area contributed by atoms with Crippen molar-refractivity contribution < 1.29 is 4.79 Å². The maximum absolute atomic E-state index is 12.0. The number of amides is 1. The Labute approximate surface area is 128 Å². The first-order chi connectivity index (χ1) is 9.05. The third-order valence-electron chi connectivity index (χ3n) is 3.20. The molecule has 0 aromatic heterocycles. The Morgan fingerprint density at radius 2 is 1.75 bits per heavy atom. The Balaban J connectivity index is 0.00000361. The highest BCUT2D eigenvalue weighted by Crippen LogP contribution is 2.07. The van der Waals surface area contributed by atoms with Crippen molar-refractivity contribution in [2.24, 2.45) is 11.7 Å². The fourth-order valence-electron chi connectivity index (χ4n) is 2.14. The molecule has 0 aliphatic rings. The van der Waals surface area contributed by atoms with Gasteiger partial charge in [0.05, 0.1) is 6.42 Å². The van der Waals surface area contributed by atoms with Gasteiger partial charge >= 0.3 is 0 Å². The van der Waals surface area contributed by atoms with Crippen LogP contribution in [0.1, 0.15) is 38.3 Å². The lowest BCUT2D eigenvalue weighted by atomic mass is 10.0. The number of nitrogens with one attached hydrogen (secondary N) is 1. The van der Waals surface area contributed by atoms with Crippen molar-refractivity contribution in [1.82, 2.24) is 5.32 Å². The van der Waals surface area contributed by atoms with Crippen LogP contribution in [0.5, 0.6) is 0 Å². The van der Waals surface area contributed by atoms with Crippen LogP contribution in [0.25, 0.3) is 0 Å². The number of rotatable bonds is 7. The minimum atomic E-state index is 0. The van der Waals surface area contributed by atoms with E-state index in [0.717, 1.165) is 18.4 Å². The first-order valence-corrected chi connectivity index (χ1v) is 7.12. The third-order valence-corrected chi connectivity index (χ3v) is 3.20. The van der Waals surface area contributed by atoms with Crippen LogP contribution in [0.15, 0.2) is 24.3 Å². The average molecular weight is 299 g/mol. The van der Waals surface area contributed by atoms with Crippen molar-refractivity contribution in [3.05, 3.63) is 35.4 Å². The van der Waals surface area contributed by atoms with Gasteiger partial charge in [-0.1, -0.05) is 45.0 Å². The molecule has 3 nitrogen and oxygen atoms in total. The third kappa shape index (κ3) is 6.92. The molecule has 0 fully saturated rings. The van der Waals surface area contributed by atoms with E-state index in [4.69, 9.17) is 5.73 Å². The van der Waals surface area contributed by atoms with Crippen molar-refractivity contribution in [3.63, 3.8) is 0 Å². The lowest BCUT2D eigenvalue weighted by molar-refractivity contribution is -0.121. The molecule has 0 aliphatic heterocycles. The van der Waals surface area contributed by atoms with E-state index in [2.05, 4.69) is 38.2 Å². The van der Waals surface area contributed by atoms with Crippen molar-refractivity contribution >= 4 is 18.3 Å². The van der Waals surface area contributed by atoms with E-state index >= 15 is 0 Å². The molecule has 1 rings (SSSR count). The summed E-state index contributed by atoms with van der Waals surface area (Å²) in [6.07, 6.45) is 2.38. The van der Waals surface area contributed by atoms with Crippen LogP contribution < -0.4 is 11.1 Å². The van der Waals surface area contributed by atoms with Crippen molar-refractivity contribution in [1.29, 1.82) is 0 Å². The van der Waals surface area contributed by atoms with E-state index in [1.807, 2.05) is 12.1 Å². The van der Waals surface area contributed by atoms with Crippen LogP contribution in [0.2, 0.25) is 0 Å². The molecular formula is C16H27ClN2O. The van der Waals surface area contributed by atoms with Gasteiger partial charge in [-0.05, 0) is 29.9 Å². The molecule has 1 amide bonds. The summed E-state index contributed by atoms with van der Waals surface area (Å²) in [4.78, 5) is 12.0. The van der Waals surface area contributed by atoms with Gasteiger partial charge in [0.15, 0.2) is 0 Å². The molecule has 20 heavy (non-hydrogen) atoms. The Bertz CT molecular complexity index is 390. The monoisotopic (exact) mass is 298 g/mol. The molecule has 0 spiro atoms. The lowest BCUT2D eigenvalue weighted by Gasteiger charge is -2.18.